The molecule has 2 N–H and O–H groups in total. The minimum Gasteiger partial charge on any atom is -0.504 e. The van der Waals surface area contributed by atoms with Crippen molar-refractivity contribution in [3.05, 3.63) is 70.3 Å². The van der Waals surface area contributed by atoms with Gasteiger partial charge in [-0.3, -0.25) is 0 Å². The molecule has 0 radical (unpaired) electrons. The summed E-state index contributed by atoms with van der Waals surface area (Å²) in [4.78, 5) is 21.7. The average Bonchev–Trinajstić information content (AvgIpc) is 2.68. The summed E-state index contributed by atoms with van der Waals surface area (Å²) >= 11 is 0. The van der Waals surface area contributed by atoms with E-state index in [1.165, 1.54) is 20.3 Å². The smallest absolute Gasteiger partial charge is 0.328 e. The number of allylic oxidation sites excluding steroid dienone is 3. The van der Waals surface area contributed by atoms with Gasteiger partial charge in [0.05, 0.1) is 7.11 Å². The van der Waals surface area contributed by atoms with Crippen LogP contribution in [0.15, 0.2) is 59.5 Å². The van der Waals surface area contributed by atoms with E-state index in [9.17, 15) is 14.8 Å². The van der Waals surface area contributed by atoms with Gasteiger partial charge < -0.3 is 19.7 Å². The normalized spacial score (nSPS) is 17.8. The van der Waals surface area contributed by atoms with Crippen molar-refractivity contribution in [1.82, 2.24) is 0 Å². The molecule has 0 fully saturated rings. The number of benzene rings is 1. The highest BCUT2D eigenvalue weighted by Crippen LogP contribution is 2.42. The second-order valence-electron chi connectivity index (χ2n) is 5.90. The van der Waals surface area contributed by atoms with Gasteiger partial charge in [-0.15, -0.1) is 11.5 Å². The Morgan fingerprint density at radius 1 is 1.37 bits per heavy atom. The SMILES string of the molecule is C=CC(C1=CC=C(N=O)C(OC)C1)c1cc(/C=C/C(=O)O)cc(OC)c1O. The molecule has 0 bridgehead atoms. The number of phenolic OH excluding ortho intramolecular Hbond substituents is 1. The molecule has 0 saturated heterocycles. The van der Waals surface area contributed by atoms with Crippen molar-refractivity contribution < 1.29 is 24.5 Å². The number of methoxy groups -OCH3 is 2. The van der Waals surface area contributed by atoms with Crippen LogP contribution < -0.4 is 4.74 Å². The third-order valence-corrected chi connectivity index (χ3v) is 4.34. The van der Waals surface area contributed by atoms with Crippen molar-refractivity contribution >= 4 is 12.0 Å². The molecule has 27 heavy (non-hydrogen) atoms. The molecule has 1 aliphatic rings. The predicted octanol–water partition coefficient (Wildman–Crippen LogP) is 3.76. The van der Waals surface area contributed by atoms with E-state index >= 15 is 0 Å². The summed E-state index contributed by atoms with van der Waals surface area (Å²) in [6, 6.07) is 3.21. The maximum absolute atomic E-state index is 10.9. The molecule has 0 aliphatic heterocycles. The number of phenols is 1. The number of nitroso groups, excluding NO2 is 1. The van der Waals surface area contributed by atoms with E-state index in [1.807, 2.05) is 0 Å². The summed E-state index contributed by atoms with van der Waals surface area (Å²) in [5.41, 5.74) is 2.22. The zero-order valence-corrected chi connectivity index (χ0v) is 15.1. The lowest BCUT2D eigenvalue weighted by molar-refractivity contribution is -0.131. The first-order chi connectivity index (χ1) is 12.9. The molecule has 0 aromatic heterocycles. The first kappa shape index (κ1) is 20.1. The number of aromatic hydroxyl groups is 1. The van der Waals surface area contributed by atoms with Gasteiger partial charge in [0.1, 0.15) is 11.8 Å². The summed E-state index contributed by atoms with van der Waals surface area (Å²) < 4.78 is 10.5. The highest BCUT2D eigenvalue weighted by molar-refractivity contribution is 5.85. The Labute approximate surface area is 156 Å². The third kappa shape index (κ3) is 4.51. The Kier molecular flexibility index (Phi) is 6.67. The van der Waals surface area contributed by atoms with Gasteiger partial charge in [0.25, 0.3) is 0 Å². The molecule has 2 atom stereocenters. The molecule has 7 nitrogen and oxygen atoms in total. The van der Waals surface area contributed by atoms with E-state index in [1.54, 1.807) is 30.4 Å². The number of carboxylic acid groups (broad SMARTS) is 1. The number of carboxylic acids is 1. The lowest BCUT2D eigenvalue weighted by Crippen LogP contribution is -2.18. The van der Waals surface area contributed by atoms with Crippen LogP contribution in [0.2, 0.25) is 0 Å². The van der Waals surface area contributed by atoms with Gasteiger partial charge in [-0.2, -0.15) is 0 Å². The van der Waals surface area contributed by atoms with Crippen molar-refractivity contribution in [2.75, 3.05) is 14.2 Å². The summed E-state index contributed by atoms with van der Waals surface area (Å²) in [7, 11) is 2.91. The van der Waals surface area contributed by atoms with E-state index in [4.69, 9.17) is 14.6 Å². The minimum absolute atomic E-state index is 0.0620. The molecule has 7 heteroatoms. The Bertz CT molecular complexity index is 837. The van der Waals surface area contributed by atoms with E-state index < -0.39 is 12.1 Å². The largest absolute Gasteiger partial charge is 0.504 e. The average molecular weight is 371 g/mol. The second kappa shape index (κ2) is 8.95. The van der Waals surface area contributed by atoms with E-state index in [0.29, 0.717) is 23.2 Å². The maximum atomic E-state index is 10.9. The standard InChI is InChI=1S/C20H21NO6/c1-4-14(13-6-7-16(21-25)17(11-13)26-2)15-9-12(5-8-19(22)23)10-18(27-3)20(15)24/h4-10,14,17,24H,1,11H2,2-3H3,(H,22,23)/b8-5+. The Balaban J connectivity index is 2.53. The van der Waals surface area contributed by atoms with Gasteiger partial charge in [0, 0.05) is 31.1 Å². The highest BCUT2D eigenvalue weighted by Gasteiger charge is 2.26. The molecule has 0 saturated carbocycles. The number of nitrogens with zero attached hydrogens (tertiary/aromatic N) is 1. The molecule has 142 valence electrons. The number of hydrogen-bond donors (Lipinski definition) is 2. The second-order valence-corrected chi connectivity index (χ2v) is 5.90. The number of ether oxygens (including phenoxy) is 2. The molecule has 1 aliphatic carbocycles. The van der Waals surface area contributed by atoms with E-state index in [-0.39, 0.29) is 17.4 Å². The zero-order chi connectivity index (χ0) is 20.0. The zero-order valence-electron chi connectivity index (χ0n) is 15.1. The van der Waals surface area contributed by atoms with Gasteiger partial charge >= 0.3 is 5.97 Å². The van der Waals surface area contributed by atoms with Gasteiger partial charge in [-0.25, -0.2) is 4.79 Å². The van der Waals surface area contributed by atoms with Crippen LogP contribution in [0.25, 0.3) is 6.08 Å². The summed E-state index contributed by atoms with van der Waals surface area (Å²) in [6.07, 6.45) is 7.33. The van der Waals surface area contributed by atoms with E-state index in [2.05, 4.69) is 11.8 Å². The Morgan fingerprint density at radius 2 is 2.11 bits per heavy atom. The number of rotatable bonds is 8. The molecule has 1 aromatic carbocycles. The number of carbonyl (C=O) groups is 1. The van der Waals surface area contributed by atoms with Crippen LogP contribution in [0.5, 0.6) is 11.5 Å². The lowest BCUT2D eigenvalue weighted by atomic mass is 9.83. The topological polar surface area (TPSA) is 105 Å². The van der Waals surface area contributed by atoms with Gasteiger partial charge in [0.2, 0.25) is 0 Å². The summed E-state index contributed by atoms with van der Waals surface area (Å²) in [5, 5.41) is 22.4. The van der Waals surface area contributed by atoms with Crippen LogP contribution >= 0.6 is 0 Å². The molecule has 0 amide bonds. The maximum Gasteiger partial charge on any atom is 0.328 e. The van der Waals surface area contributed by atoms with Gasteiger partial charge in [-0.1, -0.05) is 17.7 Å². The van der Waals surface area contributed by atoms with Crippen molar-refractivity contribution in [3.8, 4) is 11.5 Å². The monoisotopic (exact) mass is 371 g/mol. The quantitative estimate of drug-likeness (QED) is 0.409. The molecule has 2 rings (SSSR count). The minimum atomic E-state index is -1.08. The van der Waals surface area contributed by atoms with Crippen molar-refractivity contribution in [2.24, 2.45) is 5.18 Å². The van der Waals surface area contributed by atoms with Crippen LogP contribution in [0, 0.1) is 4.91 Å². The van der Waals surface area contributed by atoms with Crippen LogP contribution in [0.3, 0.4) is 0 Å². The Hall–Kier alpha value is -3.19. The number of hydrogen-bond acceptors (Lipinski definition) is 6. The van der Waals surface area contributed by atoms with Crippen LogP contribution in [0.1, 0.15) is 23.5 Å². The van der Waals surface area contributed by atoms with Crippen molar-refractivity contribution in [2.45, 2.75) is 18.4 Å². The number of aliphatic carboxylic acids is 1. The molecular formula is C20H21NO6. The van der Waals surface area contributed by atoms with Crippen molar-refractivity contribution in [3.63, 3.8) is 0 Å². The van der Waals surface area contributed by atoms with Crippen LogP contribution in [-0.2, 0) is 9.53 Å². The fourth-order valence-corrected chi connectivity index (χ4v) is 3.00. The first-order valence-corrected chi connectivity index (χ1v) is 8.16. The fourth-order valence-electron chi connectivity index (χ4n) is 3.00. The van der Waals surface area contributed by atoms with Crippen molar-refractivity contribution in [1.29, 1.82) is 0 Å². The summed E-state index contributed by atoms with van der Waals surface area (Å²) in [5.74, 6) is -1.32. The molecule has 2 unspecified atom stereocenters. The fraction of sp³-hybridized carbons (Fsp3) is 0.250. The molecule has 0 heterocycles. The van der Waals surface area contributed by atoms with Gasteiger partial charge in [0.15, 0.2) is 11.5 Å². The summed E-state index contributed by atoms with van der Waals surface area (Å²) in [6.45, 7) is 3.85. The van der Waals surface area contributed by atoms with E-state index in [0.717, 1.165) is 11.6 Å². The van der Waals surface area contributed by atoms with Crippen LogP contribution in [-0.4, -0.2) is 36.5 Å². The molecule has 0 spiro atoms. The molecule has 1 aromatic rings. The highest BCUT2D eigenvalue weighted by atomic mass is 16.5. The third-order valence-electron chi connectivity index (χ3n) is 4.34. The lowest BCUT2D eigenvalue weighted by Gasteiger charge is -2.25. The first-order valence-electron chi connectivity index (χ1n) is 8.16. The Morgan fingerprint density at radius 3 is 2.67 bits per heavy atom. The van der Waals surface area contributed by atoms with Gasteiger partial charge in [-0.05, 0) is 35.0 Å². The van der Waals surface area contributed by atoms with Crippen LogP contribution in [0.4, 0.5) is 0 Å². The predicted molar refractivity (Wildman–Crippen MR) is 102 cm³/mol. The molecular weight excluding hydrogens is 350 g/mol.